The lowest BCUT2D eigenvalue weighted by Gasteiger charge is -2.28. The zero-order valence-electron chi connectivity index (χ0n) is 10.3. The van der Waals surface area contributed by atoms with Crippen molar-refractivity contribution in [3.05, 3.63) is 29.8 Å². The summed E-state index contributed by atoms with van der Waals surface area (Å²) in [7, 11) is -3.42. The van der Waals surface area contributed by atoms with Crippen molar-refractivity contribution in [3.8, 4) is 0 Å². The molecule has 0 fully saturated rings. The minimum Gasteiger partial charge on any atom is -0.304 e. The molecule has 112 valence electrons. The molecule has 1 N–H and O–H groups in total. The highest BCUT2D eigenvalue weighted by molar-refractivity contribution is 7.91. The third-order valence-corrected chi connectivity index (χ3v) is 5.02. The molecule has 2 rings (SSSR count). The molecule has 0 saturated heterocycles. The summed E-state index contributed by atoms with van der Waals surface area (Å²) in [5.41, 5.74) is 0.351. The Morgan fingerprint density at radius 3 is 2.60 bits per heavy atom. The molecule has 0 spiro atoms. The average molecular weight is 311 g/mol. The van der Waals surface area contributed by atoms with Crippen molar-refractivity contribution in [1.82, 2.24) is 5.32 Å². The summed E-state index contributed by atoms with van der Waals surface area (Å²) in [4.78, 5) is 0.0733. The van der Waals surface area contributed by atoms with Crippen LogP contribution in [0.5, 0.6) is 0 Å². The number of nitrogens with one attached hydrogen (secondary N) is 1. The van der Waals surface area contributed by atoms with Crippen LogP contribution in [0.1, 0.15) is 18.0 Å². The Morgan fingerprint density at radius 1 is 1.30 bits per heavy atom. The first-order valence-electron chi connectivity index (χ1n) is 5.95. The maximum Gasteiger partial charge on any atom is 0.319 e. The number of fused-ring (bicyclic) bond motifs is 1. The van der Waals surface area contributed by atoms with Crippen molar-refractivity contribution in [2.24, 2.45) is 0 Å². The highest BCUT2D eigenvalue weighted by Gasteiger charge is 2.41. The van der Waals surface area contributed by atoms with Crippen LogP contribution in [0.3, 0.4) is 0 Å². The lowest BCUT2D eigenvalue weighted by molar-refractivity contribution is -0.126. The highest BCUT2D eigenvalue weighted by atomic mass is 32.2. The number of hydrogen-bond donors (Lipinski definition) is 1. The van der Waals surface area contributed by atoms with E-state index in [1.165, 1.54) is 18.2 Å². The first kappa shape index (κ1) is 15.2. The molecule has 1 unspecified atom stereocenters. The van der Waals surface area contributed by atoms with Gasteiger partial charge >= 0.3 is 12.3 Å². The van der Waals surface area contributed by atoms with Crippen LogP contribution in [0, 0.1) is 0 Å². The van der Waals surface area contributed by atoms with Gasteiger partial charge in [0.05, 0.1) is 17.2 Å². The van der Waals surface area contributed by atoms with Crippen molar-refractivity contribution >= 4 is 9.84 Å². The topological polar surface area (TPSA) is 46.2 Å². The van der Waals surface area contributed by atoms with Crippen LogP contribution >= 0.6 is 0 Å². The second kappa shape index (κ2) is 5.33. The molecule has 1 aromatic carbocycles. The van der Waals surface area contributed by atoms with E-state index in [0.29, 0.717) is 5.56 Å². The fourth-order valence-electron chi connectivity index (χ4n) is 2.14. The summed E-state index contributed by atoms with van der Waals surface area (Å²) >= 11 is 0. The van der Waals surface area contributed by atoms with Gasteiger partial charge in [0.25, 0.3) is 0 Å². The monoisotopic (exact) mass is 311 g/mol. The van der Waals surface area contributed by atoms with Gasteiger partial charge in [-0.1, -0.05) is 18.2 Å². The van der Waals surface area contributed by atoms with Gasteiger partial charge in [0.15, 0.2) is 9.84 Å². The van der Waals surface area contributed by atoms with E-state index >= 15 is 0 Å². The molecule has 0 aliphatic carbocycles. The van der Waals surface area contributed by atoms with Crippen molar-refractivity contribution in [3.63, 3.8) is 0 Å². The van der Waals surface area contributed by atoms with Gasteiger partial charge in [-0.3, -0.25) is 0 Å². The Labute approximate surface area is 113 Å². The summed E-state index contributed by atoms with van der Waals surface area (Å²) in [5, 5.41) is 2.34. The predicted octanol–water partition coefficient (Wildman–Crippen LogP) is 2.40. The van der Waals surface area contributed by atoms with Gasteiger partial charge in [0.2, 0.25) is 0 Å². The number of benzene rings is 1. The third-order valence-electron chi connectivity index (χ3n) is 3.21. The number of halogens is 4. The molecule has 20 heavy (non-hydrogen) atoms. The minimum absolute atomic E-state index is 0.0733. The molecule has 1 aliphatic heterocycles. The highest BCUT2D eigenvalue weighted by Crippen LogP contribution is 2.32. The summed E-state index contributed by atoms with van der Waals surface area (Å²) in [6, 6.07) is 5.35. The van der Waals surface area contributed by atoms with Crippen LogP contribution in [-0.4, -0.2) is 33.1 Å². The van der Waals surface area contributed by atoms with Crippen molar-refractivity contribution < 1.29 is 26.0 Å². The van der Waals surface area contributed by atoms with Crippen molar-refractivity contribution in [1.29, 1.82) is 0 Å². The van der Waals surface area contributed by atoms with Gasteiger partial charge in [-0.25, -0.2) is 17.2 Å². The molecule has 0 bridgehead atoms. The number of alkyl halides is 4. The van der Waals surface area contributed by atoms with E-state index < -0.39 is 34.8 Å². The summed E-state index contributed by atoms with van der Waals surface area (Å²) in [5.74, 6) is -4.33. The molecule has 1 aromatic rings. The Morgan fingerprint density at radius 2 is 1.95 bits per heavy atom. The van der Waals surface area contributed by atoms with E-state index in [1.807, 2.05) is 0 Å². The van der Waals surface area contributed by atoms with Crippen LogP contribution < -0.4 is 5.32 Å². The van der Waals surface area contributed by atoms with Crippen molar-refractivity contribution in [2.45, 2.75) is 29.7 Å². The van der Waals surface area contributed by atoms with Gasteiger partial charge in [0, 0.05) is 6.04 Å². The largest absolute Gasteiger partial charge is 0.319 e. The number of sulfone groups is 1. The number of hydrogen-bond acceptors (Lipinski definition) is 3. The van der Waals surface area contributed by atoms with Crippen molar-refractivity contribution in [2.75, 3.05) is 12.3 Å². The average Bonchev–Trinajstić information content (AvgIpc) is 2.38. The zero-order chi connectivity index (χ0) is 15.0. The fraction of sp³-hybridized carbons (Fsp3) is 0.500. The van der Waals surface area contributed by atoms with Gasteiger partial charge < -0.3 is 5.32 Å². The summed E-state index contributed by atoms with van der Waals surface area (Å²) in [6.45, 7) is -1.19. The molecule has 8 heteroatoms. The molecule has 3 nitrogen and oxygen atoms in total. The molecule has 1 heterocycles. The second-order valence-corrected chi connectivity index (χ2v) is 6.72. The van der Waals surface area contributed by atoms with Gasteiger partial charge in [-0.05, 0) is 18.1 Å². The van der Waals surface area contributed by atoms with Crippen LogP contribution in [0.25, 0.3) is 0 Å². The predicted molar refractivity (Wildman–Crippen MR) is 64.8 cm³/mol. The quantitative estimate of drug-likeness (QED) is 0.869. The van der Waals surface area contributed by atoms with Crippen LogP contribution in [-0.2, 0) is 9.84 Å². The number of rotatable bonds is 4. The van der Waals surface area contributed by atoms with E-state index in [-0.39, 0.29) is 17.1 Å². The Balaban J connectivity index is 2.20. The van der Waals surface area contributed by atoms with Gasteiger partial charge in [0.1, 0.15) is 0 Å². The van der Waals surface area contributed by atoms with Crippen LogP contribution in [0.15, 0.2) is 29.2 Å². The third kappa shape index (κ3) is 2.95. The Kier molecular flexibility index (Phi) is 4.06. The Hall–Kier alpha value is -1.15. The minimum atomic E-state index is -4.13. The van der Waals surface area contributed by atoms with E-state index in [9.17, 15) is 26.0 Å². The molecular weight excluding hydrogens is 298 g/mol. The maximum atomic E-state index is 12.9. The van der Waals surface area contributed by atoms with E-state index in [2.05, 4.69) is 5.32 Å². The lowest BCUT2D eigenvalue weighted by Crippen LogP contribution is -2.41. The molecule has 0 saturated carbocycles. The first-order chi connectivity index (χ1) is 9.24. The standard InChI is InChI=1S/C12H13F4NO2S/c13-11(14)12(15,16)7-17-9-5-6-20(18,19)10-4-2-1-3-8(9)10/h1-4,9,11,17H,5-7H2. The van der Waals surface area contributed by atoms with Gasteiger partial charge in [-0.15, -0.1) is 0 Å². The molecule has 0 aromatic heterocycles. The summed E-state index contributed by atoms with van der Waals surface area (Å²) in [6.07, 6.45) is -3.67. The molecule has 1 aliphatic rings. The first-order valence-corrected chi connectivity index (χ1v) is 7.60. The molecule has 1 atom stereocenters. The van der Waals surface area contributed by atoms with E-state index in [4.69, 9.17) is 0 Å². The normalized spacial score (nSPS) is 21.8. The molecular formula is C12H13F4NO2S. The second-order valence-electron chi connectivity index (χ2n) is 4.64. The summed E-state index contributed by atoms with van der Waals surface area (Å²) < 4.78 is 73.7. The smallest absolute Gasteiger partial charge is 0.304 e. The maximum absolute atomic E-state index is 12.9. The van der Waals surface area contributed by atoms with E-state index in [1.54, 1.807) is 6.07 Å². The van der Waals surface area contributed by atoms with Gasteiger partial charge in [-0.2, -0.15) is 8.78 Å². The molecule has 0 amide bonds. The van der Waals surface area contributed by atoms with E-state index in [0.717, 1.165) is 0 Å². The van der Waals surface area contributed by atoms with Crippen LogP contribution in [0.2, 0.25) is 0 Å². The molecule has 0 radical (unpaired) electrons. The van der Waals surface area contributed by atoms with Crippen LogP contribution in [0.4, 0.5) is 17.6 Å². The zero-order valence-corrected chi connectivity index (χ0v) is 11.1. The Bertz CT molecular complexity index is 589. The SMILES string of the molecule is O=S1(=O)CCC(NCC(F)(F)C(F)F)c2ccccc21. The lowest BCUT2D eigenvalue weighted by atomic mass is 10.0. The fourth-order valence-corrected chi connectivity index (χ4v) is 3.76.